The van der Waals surface area contributed by atoms with Crippen LogP contribution in [0.1, 0.15) is 48.2 Å². The Kier molecular flexibility index (Phi) is 12.8. The number of nitriles is 1. The number of carboxylic acids is 2. The van der Waals surface area contributed by atoms with Crippen molar-refractivity contribution in [2.45, 2.75) is 68.3 Å². The molecule has 0 unspecified atom stereocenters. The second kappa shape index (κ2) is 16.8. The highest BCUT2D eigenvalue weighted by atomic mass is 19.4. The minimum atomic E-state index is -5.08. The first-order chi connectivity index (χ1) is 26.1. The van der Waals surface area contributed by atoms with Gasteiger partial charge >= 0.3 is 30.5 Å². The van der Waals surface area contributed by atoms with Crippen LogP contribution < -0.4 is 10.1 Å². The van der Waals surface area contributed by atoms with Crippen LogP contribution in [0.15, 0.2) is 43.1 Å². The normalized spacial score (nSPS) is 18.2. The summed E-state index contributed by atoms with van der Waals surface area (Å²) < 4.78 is 111. The van der Waals surface area contributed by atoms with Gasteiger partial charge in [-0.05, 0) is 37.8 Å². The molecule has 2 fully saturated rings. The fourth-order valence-corrected chi connectivity index (χ4v) is 5.95. The predicted molar refractivity (Wildman–Crippen MR) is 172 cm³/mol. The number of aromatic nitrogens is 6. The number of fused-ring (bicyclic) bond motifs is 1. The number of aliphatic carboxylic acids is 2. The molecule has 2 aliphatic rings. The standard InChI is InChI=1S/C28H28F3N9O2.2C2HF3O2/c1-33-26(41)17-10-22(28(29,30)31)38-23(11-17)42-20-4-2-19(3-5-20)39-14-27(15-39,7-8-32)40-13-18(12-37-40)24-21-6-9-34-25(21)36-16-35-24;2*3-2(4,5)1(6)7/h6,9-13,16,19-20H,2-5,7,14-15H2,1H3,(H,33,41)(H,34,35,36);2*(H,6,7). The molecule has 0 radical (unpaired) electrons. The van der Waals surface area contributed by atoms with E-state index >= 15 is 0 Å². The summed E-state index contributed by atoms with van der Waals surface area (Å²) in [7, 11) is 1.35. The minimum Gasteiger partial charge on any atom is -0.475 e. The summed E-state index contributed by atoms with van der Waals surface area (Å²) in [5.41, 5.74) is 0.579. The number of hydrogen-bond acceptors (Lipinski definition) is 10. The second-order valence-electron chi connectivity index (χ2n) is 12.4. The first-order valence-electron chi connectivity index (χ1n) is 16.1. The molecule has 0 bridgehead atoms. The Hall–Kier alpha value is -5.99. The van der Waals surface area contributed by atoms with Crippen molar-refractivity contribution in [1.29, 1.82) is 5.26 Å². The molecular formula is C32H30F9N9O6. The number of halogens is 9. The Morgan fingerprint density at radius 2 is 1.61 bits per heavy atom. The summed E-state index contributed by atoms with van der Waals surface area (Å²) in [6.45, 7) is 1.32. The van der Waals surface area contributed by atoms with Gasteiger partial charge in [0.05, 0.1) is 24.4 Å². The molecule has 6 rings (SSSR count). The molecular weight excluding hydrogens is 777 g/mol. The van der Waals surface area contributed by atoms with Gasteiger partial charge in [-0.15, -0.1) is 0 Å². The maximum atomic E-state index is 13.4. The first kappa shape index (κ1) is 42.7. The summed E-state index contributed by atoms with van der Waals surface area (Å²) in [4.78, 5) is 47.5. The molecule has 0 aromatic carbocycles. The van der Waals surface area contributed by atoms with E-state index in [1.807, 2.05) is 23.1 Å². The molecule has 24 heteroatoms. The molecule has 1 aliphatic heterocycles. The Bertz CT molecular complexity index is 2040. The fourth-order valence-electron chi connectivity index (χ4n) is 5.95. The van der Waals surface area contributed by atoms with Gasteiger partial charge in [0.1, 0.15) is 29.3 Å². The highest BCUT2D eigenvalue weighted by Crippen LogP contribution is 2.39. The van der Waals surface area contributed by atoms with Crippen LogP contribution in [-0.4, -0.2) is 107 Å². The van der Waals surface area contributed by atoms with E-state index in [-0.39, 0.29) is 23.6 Å². The van der Waals surface area contributed by atoms with E-state index in [4.69, 9.17) is 24.5 Å². The van der Waals surface area contributed by atoms with Gasteiger partial charge in [0.25, 0.3) is 5.91 Å². The summed E-state index contributed by atoms with van der Waals surface area (Å²) in [5, 5.41) is 31.7. The van der Waals surface area contributed by atoms with Gasteiger partial charge in [-0.3, -0.25) is 14.4 Å². The van der Waals surface area contributed by atoms with E-state index in [9.17, 15) is 49.6 Å². The molecule has 4 aromatic heterocycles. The van der Waals surface area contributed by atoms with Gasteiger partial charge < -0.3 is 25.3 Å². The van der Waals surface area contributed by atoms with E-state index < -0.39 is 47.6 Å². The van der Waals surface area contributed by atoms with Gasteiger partial charge in [0.2, 0.25) is 5.88 Å². The fraction of sp³-hybridized carbons (Fsp3) is 0.438. The Morgan fingerprint density at radius 3 is 2.14 bits per heavy atom. The number of amides is 1. The molecule has 1 saturated heterocycles. The van der Waals surface area contributed by atoms with E-state index in [1.165, 1.54) is 19.4 Å². The number of H-pyrrole nitrogens is 1. The maximum Gasteiger partial charge on any atom is 0.490 e. The van der Waals surface area contributed by atoms with Crippen LogP contribution in [0.3, 0.4) is 0 Å². The summed E-state index contributed by atoms with van der Waals surface area (Å²) in [5.74, 6) is -6.37. The zero-order valence-corrected chi connectivity index (χ0v) is 28.7. The largest absolute Gasteiger partial charge is 0.490 e. The Morgan fingerprint density at radius 1 is 1.00 bits per heavy atom. The van der Waals surface area contributed by atoms with Crippen molar-refractivity contribution in [1.82, 2.24) is 39.9 Å². The number of aromatic amines is 1. The van der Waals surface area contributed by atoms with E-state index in [0.29, 0.717) is 32.4 Å². The topological polar surface area (TPSA) is 212 Å². The quantitative estimate of drug-likeness (QED) is 0.178. The smallest absolute Gasteiger partial charge is 0.475 e. The molecule has 0 spiro atoms. The Labute approximate surface area is 309 Å². The van der Waals surface area contributed by atoms with Crippen molar-refractivity contribution in [2.75, 3.05) is 20.1 Å². The SMILES string of the molecule is CNC(=O)c1cc(OC2CCC(N3CC(CC#N)(n4cc(-c5ncnc6[nH]ccc56)cn4)C3)CC2)nc(C(F)(F)F)c1.O=C(O)C(F)(F)F.O=C(O)C(F)(F)F. The predicted octanol–water partition coefficient (Wildman–Crippen LogP) is 5.18. The number of ether oxygens (including phenoxy) is 1. The molecule has 4 aromatic rings. The van der Waals surface area contributed by atoms with Crippen LogP contribution in [0.5, 0.6) is 5.88 Å². The number of likely N-dealkylation sites (tertiary alicyclic amines) is 1. The lowest BCUT2D eigenvalue weighted by molar-refractivity contribution is -0.193. The van der Waals surface area contributed by atoms with Gasteiger partial charge in [-0.25, -0.2) is 24.5 Å². The molecule has 1 aliphatic carbocycles. The molecule has 1 amide bonds. The number of carboxylic acid groups (broad SMARTS) is 2. The van der Waals surface area contributed by atoms with Crippen molar-refractivity contribution >= 4 is 28.9 Å². The van der Waals surface area contributed by atoms with Crippen LogP contribution in [0, 0.1) is 11.3 Å². The number of carbonyl (C=O) groups is 3. The summed E-state index contributed by atoms with van der Waals surface area (Å²) in [6, 6.07) is 6.45. The van der Waals surface area contributed by atoms with E-state index in [1.54, 1.807) is 6.20 Å². The molecule has 5 heterocycles. The van der Waals surface area contributed by atoms with Crippen molar-refractivity contribution in [3.63, 3.8) is 0 Å². The third-order valence-corrected chi connectivity index (χ3v) is 8.61. The molecule has 0 atom stereocenters. The lowest BCUT2D eigenvalue weighted by atomic mass is 9.82. The highest BCUT2D eigenvalue weighted by Gasteiger charge is 2.48. The average Bonchev–Trinajstić information content (AvgIpc) is 3.80. The van der Waals surface area contributed by atoms with Crippen molar-refractivity contribution in [2.24, 2.45) is 0 Å². The summed E-state index contributed by atoms with van der Waals surface area (Å²) >= 11 is 0. The van der Waals surface area contributed by atoms with Crippen molar-refractivity contribution < 1.29 is 68.8 Å². The van der Waals surface area contributed by atoms with Gasteiger partial charge in [-0.1, -0.05) is 0 Å². The zero-order chi connectivity index (χ0) is 41.6. The molecule has 302 valence electrons. The van der Waals surface area contributed by atoms with Gasteiger partial charge in [0.15, 0.2) is 0 Å². The van der Waals surface area contributed by atoms with E-state index in [2.05, 4.69) is 41.3 Å². The second-order valence-corrected chi connectivity index (χ2v) is 12.4. The van der Waals surface area contributed by atoms with Crippen molar-refractivity contribution in [3.8, 4) is 23.2 Å². The number of rotatable bonds is 7. The highest BCUT2D eigenvalue weighted by molar-refractivity contribution is 5.94. The number of nitrogens with zero attached hydrogens (tertiary/aromatic N) is 7. The minimum absolute atomic E-state index is 0.156. The molecule has 4 N–H and O–H groups in total. The number of alkyl halides is 9. The zero-order valence-electron chi connectivity index (χ0n) is 28.7. The van der Waals surface area contributed by atoms with Gasteiger partial charge in [0, 0.05) is 61.2 Å². The third kappa shape index (κ3) is 10.4. The number of pyridine rings is 1. The molecule has 56 heavy (non-hydrogen) atoms. The van der Waals surface area contributed by atoms with Crippen LogP contribution in [0.2, 0.25) is 0 Å². The first-order valence-corrected chi connectivity index (χ1v) is 16.1. The average molecular weight is 808 g/mol. The number of carbonyl (C=O) groups excluding carboxylic acids is 1. The maximum absolute atomic E-state index is 13.4. The molecule has 15 nitrogen and oxygen atoms in total. The lowest BCUT2D eigenvalue weighted by Gasteiger charge is -2.53. The number of hydrogen-bond donors (Lipinski definition) is 4. The van der Waals surface area contributed by atoms with Gasteiger partial charge in [-0.2, -0.15) is 49.9 Å². The van der Waals surface area contributed by atoms with Crippen LogP contribution in [-0.2, 0) is 21.3 Å². The lowest BCUT2D eigenvalue weighted by Crippen LogP contribution is -2.65. The summed E-state index contributed by atoms with van der Waals surface area (Å²) in [6.07, 6.45) is -5.04. The van der Waals surface area contributed by atoms with E-state index in [0.717, 1.165) is 41.2 Å². The third-order valence-electron chi connectivity index (χ3n) is 8.61. The number of nitrogens with one attached hydrogen (secondary N) is 2. The van der Waals surface area contributed by atoms with Crippen molar-refractivity contribution in [3.05, 3.63) is 54.4 Å². The monoisotopic (exact) mass is 807 g/mol. The van der Waals surface area contributed by atoms with Crippen LogP contribution in [0.4, 0.5) is 39.5 Å². The Balaban J connectivity index is 0.000000425. The van der Waals surface area contributed by atoms with Crippen LogP contribution >= 0.6 is 0 Å². The molecule has 1 saturated carbocycles. The van der Waals surface area contributed by atoms with Crippen LogP contribution in [0.25, 0.3) is 22.3 Å².